The van der Waals surface area contributed by atoms with Gasteiger partial charge in [0.05, 0.1) is 0 Å². The topological polar surface area (TPSA) is 0 Å². The summed E-state index contributed by atoms with van der Waals surface area (Å²) in [5.41, 5.74) is 3.00. The third-order valence-electron chi connectivity index (χ3n) is 3.68. The molecule has 0 heterocycles. The summed E-state index contributed by atoms with van der Waals surface area (Å²) in [6.45, 7) is 2.09. The van der Waals surface area contributed by atoms with Gasteiger partial charge in [0.25, 0.3) is 0 Å². The lowest BCUT2D eigenvalue weighted by Crippen LogP contribution is -1.89. The van der Waals surface area contributed by atoms with Crippen LogP contribution in [0.5, 0.6) is 0 Å². The Balaban J connectivity index is 2.55. The van der Waals surface area contributed by atoms with Crippen molar-refractivity contribution in [2.45, 2.75) is 6.92 Å². The van der Waals surface area contributed by atoms with Crippen LogP contribution >= 0.6 is 0 Å². The first-order valence-electron chi connectivity index (χ1n) is 6.64. The van der Waals surface area contributed by atoms with Gasteiger partial charge < -0.3 is 0 Å². The van der Waals surface area contributed by atoms with Crippen LogP contribution in [0.1, 0.15) is 16.7 Å². The quantitative estimate of drug-likeness (QED) is 0.420. The minimum absolute atomic E-state index is 0.909. The molecule has 3 aromatic rings. The van der Waals surface area contributed by atoms with Gasteiger partial charge in [-0.05, 0) is 53.3 Å². The monoisotopic (exact) mass is 264 g/mol. The zero-order chi connectivity index (χ0) is 14.8. The number of aryl methyl sites for hydroxylation is 1. The standard InChI is InChI=1S/C21H12/c1-4-6-9-17-11-8-13-19-14-18-12-7-10-16(5-2)20(18)15(3)21(17)19/h1-2,7-8,10-14H,3H3. The second-order valence-electron chi connectivity index (χ2n) is 4.85. The number of hydrogen-bond donors (Lipinski definition) is 0. The fourth-order valence-electron chi connectivity index (χ4n) is 2.84. The Kier molecular flexibility index (Phi) is 3.12. The van der Waals surface area contributed by atoms with Gasteiger partial charge in [-0.1, -0.05) is 36.1 Å². The van der Waals surface area contributed by atoms with Crippen molar-refractivity contribution in [1.29, 1.82) is 0 Å². The molecule has 0 fully saturated rings. The molecule has 0 aliphatic carbocycles. The molecule has 96 valence electrons. The van der Waals surface area contributed by atoms with Crippen molar-refractivity contribution in [1.82, 2.24) is 0 Å². The first-order chi connectivity index (χ1) is 10.3. The Morgan fingerprint density at radius 2 is 1.48 bits per heavy atom. The molecule has 3 aromatic carbocycles. The van der Waals surface area contributed by atoms with Gasteiger partial charge in [0.15, 0.2) is 0 Å². The molecule has 0 saturated heterocycles. The summed E-state index contributed by atoms with van der Waals surface area (Å²) in [7, 11) is 0. The normalized spacial score (nSPS) is 9.67. The molecule has 0 atom stereocenters. The van der Waals surface area contributed by atoms with Gasteiger partial charge in [-0.3, -0.25) is 0 Å². The molecule has 0 bridgehead atoms. The van der Waals surface area contributed by atoms with E-state index in [0.29, 0.717) is 0 Å². The molecular formula is C21H12. The van der Waals surface area contributed by atoms with Gasteiger partial charge in [0, 0.05) is 21.9 Å². The third kappa shape index (κ3) is 2.03. The van der Waals surface area contributed by atoms with Crippen LogP contribution in [-0.2, 0) is 0 Å². The summed E-state index contributed by atoms with van der Waals surface area (Å²) >= 11 is 0. The summed E-state index contributed by atoms with van der Waals surface area (Å²) in [6, 6.07) is 14.3. The van der Waals surface area contributed by atoms with Crippen LogP contribution in [0.3, 0.4) is 0 Å². The lowest BCUT2D eigenvalue weighted by molar-refractivity contribution is 1.56. The van der Waals surface area contributed by atoms with Crippen LogP contribution in [0.2, 0.25) is 0 Å². The van der Waals surface area contributed by atoms with E-state index >= 15 is 0 Å². The van der Waals surface area contributed by atoms with Gasteiger partial charge in [0.2, 0.25) is 0 Å². The molecule has 0 radical (unpaired) electrons. The molecule has 21 heavy (non-hydrogen) atoms. The zero-order valence-electron chi connectivity index (χ0n) is 11.7. The molecule has 0 aliphatic rings. The molecule has 0 saturated carbocycles. The number of rotatable bonds is 0. The molecule has 0 nitrogen and oxygen atoms in total. The van der Waals surface area contributed by atoms with E-state index in [9.17, 15) is 0 Å². The van der Waals surface area contributed by atoms with E-state index in [-0.39, 0.29) is 0 Å². The van der Waals surface area contributed by atoms with Gasteiger partial charge in [-0.25, -0.2) is 0 Å². The van der Waals surface area contributed by atoms with E-state index in [1.807, 2.05) is 24.3 Å². The number of hydrogen-bond acceptors (Lipinski definition) is 0. The van der Waals surface area contributed by atoms with Crippen molar-refractivity contribution in [2.24, 2.45) is 0 Å². The largest absolute Gasteiger partial charge is 0.115 e. The van der Waals surface area contributed by atoms with Gasteiger partial charge in [-0.2, -0.15) is 0 Å². The second kappa shape index (κ2) is 5.09. The first kappa shape index (κ1) is 12.9. The molecule has 0 spiro atoms. The van der Waals surface area contributed by atoms with Crippen molar-refractivity contribution in [3.8, 4) is 36.5 Å². The predicted octanol–water partition coefficient (Wildman–Crippen LogP) is 4.27. The summed E-state index contributed by atoms with van der Waals surface area (Å²) in [5.74, 6) is 10.9. The summed E-state index contributed by atoms with van der Waals surface area (Å²) in [5, 5.41) is 4.54. The van der Waals surface area contributed by atoms with Gasteiger partial charge >= 0.3 is 0 Å². The highest BCUT2D eigenvalue weighted by molar-refractivity contribution is 6.06. The van der Waals surface area contributed by atoms with Gasteiger partial charge in [-0.15, -0.1) is 12.8 Å². The predicted molar refractivity (Wildman–Crippen MR) is 89.8 cm³/mol. The Labute approximate surface area is 124 Å². The van der Waals surface area contributed by atoms with E-state index in [0.717, 1.165) is 38.2 Å². The maximum Gasteiger partial charge on any atom is 0.0336 e. The molecule has 0 aliphatic heterocycles. The van der Waals surface area contributed by atoms with Crippen molar-refractivity contribution in [3.05, 3.63) is 59.2 Å². The number of fused-ring (bicyclic) bond motifs is 2. The number of terminal acetylenes is 2. The van der Waals surface area contributed by atoms with Crippen molar-refractivity contribution < 1.29 is 0 Å². The molecule has 0 unspecified atom stereocenters. The minimum atomic E-state index is 0.909. The van der Waals surface area contributed by atoms with Crippen molar-refractivity contribution >= 4 is 21.5 Å². The van der Waals surface area contributed by atoms with Crippen LogP contribution < -0.4 is 0 Å². The molecule has 0 amide bonds. The fraction of sp³-hybridized carbons (Fsp3) is 0.0476. The highest BCUT2D eigenvalue weighted by Gasteiger charge is 2.09. The highest BCUT2D eigenvalue weighted by Crippen LogP contribution is 2.31. The van der Waals surface area contributed by atoms with E-state index in [4.69, 9.17) is 12.8 Å². The lowest BCUT2D eigenvalue weighted by atomic mass is 9.92. The van der Waals surface area contributed by atoms with E-state index in [1.165, 1.54) is 0 Å². The van der Waals surface area contributed by atoms with Crippen LogP contribution in [0.15, 0.2) is 42.5 Å². The average molecular weight is 264 g/mol. The van der Waals surface area contributed by atoms with Crippen LogP contribution in [0, 0.1) is 43.5 Å². The first-order valence-corrected chi connectivity index (χ1v) is 6.64. The van der Waals surface area contributed by atoms with Crippen LogP contribution in [-0.4, -0.2) is 0 Å². The Morgan fingerprint density at radius 3 is 2.10 bits per heavy atom. The van der Waals surface area contributed by atoms with Crippen molar-refractivity contribution in [2.75, 3.05) is 0 Å². The average Bonchev–Trinajstić information content (AvgIpc) is 2.52. The Hall–Kier alpha value is -3.14. The molecule has 3 rings (SSSR count). The zero-order valence-corrected chi connectivity index (χ0v) is 11.7. The third-order valence-corrected chi connectivity index (χ3v) is 3.68. The van der Waals surface area contributed by atoms with E-state index < -0.39 is 0 Å². The smallest absolute Gasteiger partial charge is 0.0336 e. The minimum Gasteiger partial charge on any atom is -0.115 e. The fourth-order valence-corrected chi connectivity index (χ4v) is 2.84. The molecule has 0 heteroatoms. The summed E-state index contributed by atoms with van der Waals surface area (Å²) < 4.78 is 0. The lowest BCUT2D eigenvalue weighted by Gasteiger charge is -2.11. The van der Waals surface area contributed by atoms with E-state index in [1.54, 1.807) is 0 Å². The molecular weight excluding hydrogens is 252 g/mol. The highest BCUT2D eigenvalue weighted by atomic mass is 14.1. The van der Waals surface area contributed by atoms with E-state index in [2.05, 4.69) is 48.8 Å². The van der Waals surface area contributed by atoms with Crippen LogP contribution in [0.4, 0.5) is 0 Å². The maximum atomic E-state index is 5.64. The molecule has 0 N–H and O–H groups in total. The molecule has 0 aromatic heterocycles. The summed E-state index contributed by atoms with van der Waals surface area (Å²) in [4.78, 5) is 0. The number of benzene rings is 3. The van der Waals surface area contributed by atoms with Crippen molar-refractivity contribution in [3.63, 3.8) is 0 Å². The second-order valence-corrected chi connectivity index (χ2v) is 4.85. The maximum absolute atomic E-state index is 5.64. The SMILES string of the molecule is C#CC#Cc1cccc2cc3cccc(C#C)c3c(C)c12. The van der Waals surface area contributed by atoms with Crippen LogP contribution in [0.25, 0.3) is 21.5 Å². The summed E-state index contributed by atoms with van der Waals surface area (Å²) in [6.07, 6.45) is 10.9. The Bertz CT molecular complexity index is 1010. The van der Waals surface area contributed by atoms with Gasteiger partial charge in [0.1, 0.15) is 0 Å². The Morgan fingerprint density at radius 1 is 0.857 bits per heavy atom.